The van der Waals surface area contributed by atoms with E-state index >= 15 is 0 Å². The summed E-state index contributed by atoms with van der Waals surface area (Å²) in [5, 5.41) is 16.2. The molecule has 2 aliphatic rings. The third-order valence-corrected chi connectivity index (χ3v) is 7.02. The number of hydrogen-bond donors (Lipinski definition) is 1. The van der Waals surface area contributed by atoms with Crippen molar-refractivity contribution in [1.29, 1.82) is 5.41 Å². The van der Waals surface area contributed by atoms with Crippen molar-refractivity contribution < 1.29 is 4.79 Å². The van der Waals surface area contributed by atoms with E-state index in [0.717, 1.165) is 40.5 Å². The number of nitrogens with zero attached hydrogens (tertiary/aromatic N) is 4. The van der Waals surface area contributed by atoms with Crippen LogP contribution in [-0.2, 0) is 4.79 Å². The Morgan fingerprint density at radius 2 is 1.79 bits per heavy atom. The summed E-state index contributed by atoms with van der Waals surface area (Å²) in [4.78, 5) is 17.0. The van der Waals surface area contributed by atoms with Crippen LogP contribution in [0.2, 0.25) is 0 Å². The van der Waals surface area contributed by atoms with E-state index in [1.165, 1.54) is 48.0 Å². The zero-order valence-corrected chi connectivity index (χ0v) is 20.6. The summed E-state index contributed by atoms with van der Waals surface area (Å²) >= 11 is 1.42. The van der Waals surface area contributed by atoms with Gasteiger partial charge in [-0.1, -0.05) is 50.3 Å². The topological polar surface area (TPSA) is 73.8 Å². The number of carbonyl (C=O) groups excluding carboxylic acids is 1. The first-order chi connectivity index (χ1) is 15.9. The predicted molar refractivity (Wildman–Crippen MR) is 138 cm³/mol. The van der Waals surface area contributed by atoms with Crippen LogP contribution in [0, 0.1) is 26.2 Å². The molecule has 0 bridgehead atoms. The molecule has 2 aliphatic heterocycles. The van der Waals surface area contributed by atoms with Gasteiger partial charge in [0.25, 0.3) is 5.91 Å². The molecule has 0 fully saturated rings. The molecule has 0 unspecified atom stereocenters. The average molecular weight is 462 g/mol. The minimum atomic E-state index is -0.377. The number of unbranched alkanes of at least 4 members (excludes halogenated alkanes) is 4. The average Bonchev–Trinajstić information content (AvgIpc) is 3.31. The summed E-state index contributed by atoms with van der Waals surface area (Å²) in [6.45, 7) is 8.36. The quantitative estimate of drug-likeness (QED) is 0.366. The van der Waals surface area contributed by atoms with Crippen molar-refractivity contribution in [3.05, 3.63) is 58.4 Å². The van der Waals surface area contributed by atoms with Crippen LogP contribution in [0.25, 0.3) is 11.8 Å². The number of carbonyl (C=O) groups is 1. The van der Waals surface area contributed by atoms with Gasteiger partial charge >= 0.3 is 0 Å². The Balaban J connectivity index is 1.55. The maximum atomic E-state index is 12.8. The highest BCUT2D eigenvalue weighted by molar-refractivity contribution is 8.26. The van der Waals surface area contributed by atoms with Crippen molar-refractivity contribution in [3.63, 3.8) is 0 Å². The minimum Gasteiger partial charge on any atom is -0.318 e. The van der Waals surface area contributed by atoms with Crippen LogP contribution in [0.15, 0.2) is 46.0 Å². The first kappa shape index (κ1) is 23.2. The Labute approximate surface area is 200 Å². The number of benzene rings is 1. The highest BCUT2D eigenvalue weighted by Gasteiger charge is 2.35. The van der Waals surface area contributed by atoms with Crippen LogP contribution >= 0.6 is 11.8 Å². The van der Waals surface area contributed by atoms with Crippen LogP contribution in [0.4, 0.5) is 0 Å². The lowest BCUT2D eigenvalue weighted by molar-refractivity contribution is -0.114. The van der Waals surface area contributed by atoms with Crippen molar-refractivity contribution in [2.45, 2.75) is 66.2 Å². The second kappa shape index (κ2) is 9.91. The molecule has 0 aliphatic carbocycles. The Morgan fingerprint density at radius 3 is 2.52 bits per heavy atom. The van der Waals surface area contributed by atoms with Gasteiger partial charge in [-0.3, -0.25) is 10.2 Å². The standard InChI is InChI=1S/C26H31N5OS/c1-5-6-7-8-9-10-23-29-31-24(27)22(25(32)28-26(31)33-23)16-20-15-18(3)30(19(20)4)21-13-11-17(2)12-14-21/h11-16,27H,5-10H2,1-4H3/b22-16+,27-24?. The largest absolute Gasteiger partial charge is 0.318 e. The molecule has 7 heteroatoms. The molecular weight excluding hydrogens is 430 g/mol. The van der Waals surface area contributed by atoms with Crippen molar-refractivity contribution in [1.82, 2.24) is 9.58 Å². The maximum absolute atomic E-state index is 12.8. The normalized spacial score (nSPS) is 17.0. The van der Waals surface area contributed by atoms with Gasteiger partial charge in [0.15, 0.2) is 5.84 Å². The SMILES string of the molecule is CCCCCCCC1=NN2C(=N)/C(=C\c3cc(C)n(-c4ccc(C)cc4)c3C)C(=O)N=C2S1. The molecule has 4 rings (SSSR count). The number of rotatable bonds is 8. The van der Waals surface area contributed by atoms with Crippen LogP contribution in [0.5, 0.6) is 0 Å². The van der Waals surface area contributed by atoms with Gasteiger partial charge in [0.2, 0.25) is 5.17 Å². The summed E-state index contributed by atoms with van der Waals surface area (Å²) < 4.78 is 2.16. The first-order valence-corrected chi connectivity index (χ1v) is 12.5. The summed E-state index contributed by atoms with van der Waals surface area (Å²) in [6.07, 6.45) is 8.61. The number of thioether (sulfide) groups is 1. The number of hydrogen-bond acceptors (Lipinski definition) is 4. The molecular formula is C26H31N5OS. The maximum Gasteiger partial charge on any atom is 0.283 e. The lowest BCUT2D eigenvalue weighted by Gasteiger charge is -2.20. The number of aryl methyl sites for hydroxylation is 2. The first-order valence-electron chi connectivity index (χ1n) is 11.6. The van der Waals surface area contributed by atoms with Crippen LogP contribution < -0.4 is 0 Å². The van der Waals surface area contributed by atoms with Crippen LogP contribution in [0.3, 0.4) is 0 Å². The fourth-order valence-corrected chi connectivity index (χ4v) is 5.12. The van der Waals surface area contributed by atoms with Gasteiger partial charge in [0, 0.05) is 17.1 Å². The molecule has 172 valence electrons. The van der Waals surface area contributed by atoms with E-state index in [9.17, 15) is 4.79 Å². The third-order valence-electron chi connectivity index (χ3n) is 6.05. The van der Waals surface area contributed by atoms with Gasteiger partial charge < -0.3 is 4.57 Å². The van der Waals surface area contributed by atoms with Crippen molar-refractivity contribution in [2.75, 3.05) is 0 Å². The molecule has 33 heavy (non-hydrogen) atoms. The monoisotopic (exact) mass is 461 g/mol. The Hall–Kier alpha value is -2.93. The number of aromatic nitrogens is 1. The fraction of sp³-hybridized carbons (Fsp3) is 0.385. The van der Waals surface area contributed by atoms with E-state index in [0.29, 0.717) is 5.17 Å². The van der Waals surface area contributed by atoms with E-state index in [1.54, 1.807) is 6.08 Å². The highest BCUT2D eigenvalue weighted by Crippen LogP contribution is 2.31. The van der Waals surface area contributed by atoms with Crippen molar-refractivity contribution >= 4 is 39.8 Å². The van der Waals surface area contributed by atoms with Gasteiger partial charge in [-0.2, -0.15) is 15.1 Å². The molecule has 3 heterocycles. The Morgan fingerprint density at radius 1 is 1.06 bits per heavy atom. The number of hydrazone groups is 1. The Kier molecular flexibility index (Phi) is 6.98. The summed E-state index contributed by atoms with van der Waals surface area (Å²) in [5.41, 5.74) is 5.56. The predicted octanol–water partition coefficient (Wildman–Crippen LogP) is 6.38. The van der Waals surface area contributed by atoms with Crippen LogP contribution in [-0.4, -0.2) is 31.5 Å². The zero-order valence-electron chi connectivity index (χ0n) is 19.8. The lowest BCUT2D eigenvalue weighted by Crippen LogP contribution is -2.35. The number of amides is 1. The molecule has 0 atom stereocenters. The number of amidine groups is 2. The fourth-order valence-electron chi connectivity index (χ4n) is 4.19. The van der Waals surface area contributed by atoms with E-state index in [4.69, 9.17) is 5.41 Å². The molecule has 1 N–H and O–H groups in total. The highest BCUT2D eigenvalue weighted by atomic mass is 32.2. The Bertz CT molecular complexity index is 1170. The van der Waals surface area contributed by atoms with Crippen molar-refractivity contribution in [3.8, 4) is 5.69 Å². The molecule has 1 aromatic carbocycles. The molecule has 0 saturated carbocycles. The molecule has 2 aromatic rings. The zero-order chi connectivity index (χ0) is 23.5. The summed E-state index contributed by atoms with van der Waals surface area (Å²) in [5.74, 6) is -0.281. The second-order valence-electron chi connectivity index (χ2n) is 8.68. The molecule has 0 saturated heterocycles. The number of nitrogens with one attached hydrogen (secondary N) is 1. The molecule has 1 amide bonds. The van der Waals surface area contributed by atoms with Gasteiger partial charge in [-0.05, 0) is 75.2 Å². The van der Waals surface area contributed by atoms with E-state index in [2.05, 4.69) is 52.8 Å². The van der Waals surface area contributed by atoms with Gasteiger partial charge in [0.05, 0.1) is 5.57 Å². The van der Waals surface area contributed by atoms with Gasteiger partial charge in [-0.15, -0.1) is 0 Å². The van der Waals surface area contributed by atoms with E-state index in [-0.39, 0.29) is 17.3 Å². The van der Waals surface area contributed by atoms with E-state index < -0.39 is 0 Å². The lowest BCUT2D eigenvalue weighted by atomic mass is 10.1. The number of aliphatic imine (C=N–C) groups is 1. The third kappa shape index (κ3) is 4.88. The van der Waals surface area contributed by atoms with Crippen LogP contribution in [0.1, 0.15) is 68.0 Å². The van der Waals surface area contributed by atoms with Crippen molar-refractivity contribution in [2.24, 2.45) is 10.1 Å². The smallest absolute Gasteiger partial charge is 0.283 e. The molecule has 6 nitrogen and oxygen atoms in total. The van der Waals surface area contributed by atoms with Gasteiger partial charge in [-0.25, -0.2) is 0 Å². The van der Waals surface area contributed by atoms with E-state index in [1.807, 2.05) is 19.9 Å². The summed E-state index contributed by atoms with van der Waals surface area (Å²) in [7, 11) is 0. The minimum absolute atomic E-state index is 0.0959. The van der Waals surface area contributed by atoms with Gasteiger partial charge in [0.1, 0.15) is 5.04 Å². The second-order valence-corrected chi connectivity index (χ2v) is 9.72. The molecule has 1 aromatic heterocycles. The number of fused-ring (bicyclic) bond motifs is 1. The summed E-state index contributed by atoms with van der Waals surface area (Å²) in [6, 6.07) is 10.4. The molecule has 0 spiro atoms. The molecule has 0 radical (unpaired) electrons.